The normalized spacial score (nSPS) is 14.1. The van der Waals surface area contributed by atoms with Gasteiger partial charge in [0.05, 0.1) is 6.10 Å². The van der Waals surface area contributed by atoms with Gasteiger partial charge >= 0.3 is 5.97 Å². The van der Waals surface area contributed by atoms with Crippen molar-refractivity contribution in [2.45, 2.75) is 86.2 Å². The van der Waals surface area contributed by atoms with E-state index in [4.69, 9.17) is 4.74 Å². The first-order chi connectivity index (χ1) is 10.4. The largest absolute Gasteiger partial charge is 0.460 e. The Balaban J connectivity index is 4.00. The van der Waals surface area contributed by atoms with E-state index in [-0.39, 0.29) is 12.1 Å². The molecule has 0 aromatic heterocycles. The Bertz CT molecular complexity index is 349. The molecule has 2 nitrogen and oxygen atoms in total. The fraction of sp³-hybridized carbons (Fsp3) is 0.750. The van der Waals surface area contributed by atoms with Gasteiger partial charge in [0, 0.05) is 6.08 Å². The van der Waals surface area contributed by atoms with Crippen molar-refractivity contribution in [3.8, 4) is 0 Å². The number of esters is 1. The van der Waals surface area contributed by atoms with Gasteiger partial charge < -0.3 is 4.74 Å². The average Bonchev–Trinajstić information content (AvgIpc) is 2.42. The molecule has 0 N–H and O–H groups in total. The number of hydrogen-bond donors (Lipinski definition) is 0. The number of carbonyl (C=O) groups is 1. The summed E-state index contributed by atoms with van der Waals surface area (Å²) in [6, 6.07) is 0. The number of allylic oxidation sites excluding steroid dienone is 3. The molecular weight excluding hydrogens is 272 g/mol. The topological polar surface area (TPSA) is 26.3 Å². The van der Waals surface area contributed by atoms with Crippen molar-refractivity contribution in [2.75, 3.05) is 0 Å². The lowest BCUT2D eigenvalue weighted by atomic mass is 9.93. The highest BCUT2D eigenvalue weighted by Crippen LogP contribution is 2.20. The summed E-state index contributed by atoms with van der Waals surface area (Å²) in [4.78, 5) is 11.5. The number of ether oxygens (including phenoxy) is 1. The zero-order chi connectivity index (χ0) is 17.0. The Morgan fingerprint density at radius 2 is 1.73 bits per heavy atom. The Hall–Kier alpha value is -1.05. The molecule has 0 rings (SSSR count). The molecular formula is C20H36O2. The minimum Gasteiger partial charge on any atom is -0.460 e. The van der Waals surface area contributed by atoms with E-state index < -0.39 is 0 Å². The fourth-order valence-corrected chi connectivity index (χ4v) is 2.56. The van der Waals surface area contributed by atoms with Crippen molar-refractivity contribution in [2.24, 2.45) is 11.8 Å². The SMILES string of the molecule is CCC(CC)CCCC(C)C/C=C/C(C)=C/C(=O)OC(C)C. The standard InChI is InChI=1S/C20H36O2/c1-7-19(8-2)14-10-12-17(5)11-9-13-18(6)15-20(21)22-16(3)4/h9,13,15-17,19H,7-8,10-12,14H2,1-6H3/b13-9+,18-15+. The Morgan fingerprint density at radius 3 is 2.27 bits per heavy atom. The first kappa shape index (κ1) is 20.9. The van der Waals surface area contributed by atoms with Gasteiger partial charge in [0.15, 0.2) is 0 Å². The van der Waals surface area contributed by atoms with Crippen LogP contribution in [0.25, 0.3) is 0 Å². The van der Waals surface area contributed by atoms with Gasteiger partial charge in [-0.2, -0.15) is 0 Å². The zero-order valence-electron chi connectivity index (χ0n) is 15.5. The first-order valence-corrected chi connectivity index (χ1v) is 8.94. The van der Waals surface area contributed by atoms with E-state index in [1.165, 1.54) is 32.1 Å². The minimum atomic E-state index is -0.254. The molecule has 2 heteroatoms. The number of carbonyl (C=O) groups excluding carboxylic acids is 1. The predicted molar refractivity (Wildman–Crippen MR) is 95.8 cm³/mol. The quantitative estimate of drug-likeness (QED) is 0.263. The van der Waals surface area contributed by atoms with Crippen molar-refractivity contribution >= 4 is 5.97 Å². The average molecular weight is 309 g/mol. The van der Waals surface area contributed by atoms with Gasteiger partial charge in [-0.05, 0) is 44.6 Å². The number of rotatable bonds is 11. The van der Waals surface area contributed by atoms with Crippen LogP contribution in [0.5, 0.6) is 0 Å². The fourth-order valence-electron chi connectivity index (χ4n) is 2.56. The van der Waals surface area contributed by atoms with E-state index in [0.717, 1.165) is 17.9 Å². The molecule has 0 saturated heterocycles. The van der Waals surface area contributed by atoms with Crippen LogP contribution < -0.4 is 0 Å². The summed E-state index contributed by atoms with van der Waals surface area (Å²) < 4.78 is 5.10. The molecule has 0 bridgehead atoms. The van der Waals surface area contributed by atoms with Crippen LogP contribution in [-0.2, 0) is 9.53 Å². The van der Waals surface area contributed by atoms with Crippen molar-refractivity contribution in [3.05, 3.63) is 23.8 Å². The van der Waals surface area contributed by atoms with Gasteiger partial charge in [0.1, 0.15) is 0 Å². The molecule has 0 heterocycles. The summed E-state index contributed by atoms with van der Waals surface area (Å²) in [5, 5.41) is 0. The van der Waals surface area contributed by atoms with Gasteiger partial charge in [0.25, 0.3) is 0 Å². The summed E-state index contributed by atoms with van der Waals surface area (Å²) in [5.41, 5.74) is 0.954. The summed E-state index contributed by atoms with van der Waals surface area (Å²) in [7, 11) is 0. The van der Waals surface area contributed by atoms with Gasteiger partial charge in [-0.1, -0.05) is 65.0 Å². The smallest absolute Gasteiger partial charge is 0.331 e. The Morgan fingerprint density at radius 1 is 1.09 bits per heavy atom. The van der Waals surface area contributed by atoms with E-state index in [2.05, 4.69) is 26.8 Å². The van der Waals surface area contributed by atoms with E-state index in [1.807, 2.05) is 26.8 Å². The van der Waals surface area contributed by atoms with Gasteiger partial charge in [-0.15, -0.1) is 0 Å². The van der Waals surface area contributed by atoms with E-state index in [0.29, 0.717) is 5.92 Å². The highest BCUT2D eigenvalue weighted by atomic mass is 16.5. The van der Waals surface area contributed by atoms with Crippen LogP contribution in [0.1, 0.15) is 80.1 Å². The van der Waals surface area contributed by atoms with Crippen molar-refractivity contribution in [1.29, 1.82) is 0 Å². The molecule has 22 heavy (non-hydrogen) atoms. The molecule has 0 amide bonds. The molecule has 0 saturated carbocycles. The molecule has 0 aromatic carbocycles. The summed E-state index contributed by atoms with van der Waals surface area (Å²) in [6.07, 6.45) is 13.4. The predicted octanol–water partition coefficient (Wildman–Crippen LogP) is 6.07. The van der Waals surface area contributed by atoms with Crippen molar-refractivity contribution in [1.82, 2.24) is 0 Å². The molecule has 1 atom stereocenters. The van der Waals surface area contributed by atoms with Crippen LogP contribution in [0.3, 0.4) is 0 Å². The second-order valence-electron chi connectivity index (χ2n) is 6.73. The minimum absolute atomic E-state index is 0.0596. The lowest BCUT2D eigenvalue weighted by Gasteiger charge is -2.13. The van der Waals surface area contributed by atoms with Crippen LogP contribution in [0.15, 0.2) is 23.8 Å². The summed E-state index contributed by atoms with van der Waals surface area (Å²) >= 11 is 0. The second kappa shape index (κ2) is 12.5. The summed E-state index contributed by atoms with van der Waals surface area (Å²) in [6.45, 7) is 12.6. The third-order valence-electron chi connectivity index (χ3n) is 4.08. The molecule has 0 aliphatic rings. The molecule has 0 spiro atoms. The lowest BCUT2D eigenvalue weighted by Crippen LogP contribution is -2.08. The lowest BCUT2D eigenvalue weighted by molar-refractivity contribution is -0.141. The molecule has 0 radical (unpaired) electrons. The van der Waals surface area contributed by atoms with Crippen molar-refractivity contribution in [3.63, 3.8) is 0 Å². The van der Waals surface area contributed by atoms with Crippen LogP contribution >= 0.6 is 0 Å². The third kappa shape index (κ3) is 11.6. The van der Waals surface area contributed by atoms with E-state index >= 15 is 0 Å². The monoisotopic (exact) mass is 308 g/mol. The van der Waals surface area contributed by atoms with E-state index in [9.17, 15) is 4.79 Å². The Kier molecular flexibility index (Phi) is 11.9. The molecule has 0 aliphatic carbocycles. The maximum atomic E-state index is 11.5. The molecule has 128 valence electrons. The van der Waals surface area contributed by atoms with Crippen molar-refractivity contribution < 1.29 is 9.53 Å². The van der Waals surface area contributed by atoms with Gasteiger partial charge in [-0.25, -0.2) is 4.79 Å². The van der Waals surface area contributed by atoms with Crippen LogP contribution in [0.2, 0.25) is 0 Å². The second-order valence-corrected chi connectivity index (χ2v) is 6.73. The van der Waals surface area contributed by atoms with Crippen LogP contribution in [0.4, 0.5) is 0 Å². The van der Waals surface area contributed by atoms with E-state index in [1.54, 1.807) is 6.08 Å². The Labute approximate surface area is 138 Å². The third-order valence-corrected chi connectivity index (χ3v) is 4.08. The number of hydrogen-bond acceptors (Lipinski definition) is 2. The van der Waals surface area contributed by atoms with Gasteiger partial charge in [0.2, 0.25) is 0 Å². The maximum Gasteiger partial charge on any atom is 0.331 e. The highest BCUT2D eigenvalue weighted by Gasteiger charge is 2.05. The van der Waals surface area contributed by atoms with Crippen LogP contribution in [-0.4, -0.2) is 12.1 Å². The molecule has 1 unspecified atom stereocenters. The maximum absolute atomic E-state index is 11.5. The molecule has 0 aromatic rings. The summed E-state index contributed by atoms with van der Waals surface area (Å²) in [5.74, 6) is 1.36. The molecule has 0 aliphatic heterocycles. The first-order valence-electron chi connectivity index (χ1n) is 8.94. The van der Waals surface area contributed by atoms with Crippen LogP contribution in [0, 0.1) is 11.8 Å². The highest BCUT2D eigenvalue weighted by molar-refractivity contribution is 5.83. The van der Waals surface area contributed by atoms with Gasteiger partial charge in [-0.3, -0.25) is 0 Å². The zero-order valence-corrected chi connectivity index (χ0v) is 15.5. The molecule has 0 fully saturated rings.